The molecule has 1 aliphatic heterocycles. The Labute approximate surface area is 153 Å². The summed E-state index contributed by atoms with van der Waals surface area (Å²) in [4.78, 5) is 28.2. The van der Waals surface area contributed by atoms with E-state index in [1.807, 2.05) is 12.1 Å². The minimum Gasteiger partial charge on any atom is -0.480 e. The fourth-order valence-corrected chi connectivity index (χ4v) is 3.66. The number of amides is 1. The summed E-state index contributed by atoms with van der Waals surface area (Å²) < 4.78 is 5.33. The molecule has 2 heterocycles. The average Bonchev–Trinajstić information content (AvgIpc) is 3.11. The summed E-state index contributed by atoms with van der Waals surface area (Å²) in [7, 11) is 0. The maximum absolute atomic E-state index is 12.4. The monoisotopic (exact) mass is 380 g/mol. The van der Waals surface area contributed by atoms with E-state index in [1.165, 1.54) is 11.3 Å². The van der Waals surface area contributed by atoms with Crippen LogP contribution in [0, 0.1) is 5.92 Å². The zero-order valence-corrected chi connectivity index (χ0v) is 14.8. The molecule has 1 aromatic heterocycles. The van der Waals surface area contributed by atoms with Crippen LogP contribution in [0.3, 0.4) is 0 Å². The van der Waals surface area contributed by atoms with Crippen molar-refractivity contribution >= 4 is 34.8 Å². The number of hydrogen-bond donors (Lipinski definition) is 2. The van der Waals surface area contributed by atoms with E-state index in [-0.39, 0.29) is 11.6 Å². The Hall–Kier alpha value is -1.96. The third-order valence-electron chi connectivity index (χ3n) is 4.05. The SMILES string of the molecule is O=C(NC(C(=O)O)C1CCCOC1)c1csc(-c2ccc(Cl)cc2)n1. The number of halogens is 1. The molecule has 0 bridgehead atoms. The van der Waals surface area contributed by atoms with Crippen molar-refractivity contribution in [1.29, 1.82) is 0 Å². The third kappa shape index (κ3) is 4.36. The minimum atomic E-state index is -1.06. The van der Waals surface area contributed by atoms with Gasteiger partial charge in [-0.15, -0.1) is 11.3 Å². The van der Waals surface area contributed by atoms with Crippen LogP contribution in [-0.2, 0) is 9.53 Å². The van der Waals surface area contributed by atoms with Gasteiger partial charge in [-0.2, -0.15) is 0 Å². The number of nitrogens with one attached hydrogen (secondary N) is 1. The number of rotatable bonds is 5. The first-order valence-electron chi connectivity index (χ1n) is 7.87. The molecule has 132 valence electrons. The summed E-state index contributed by atoms with van der Waals surface area (Å²) in [6.45, 7) is 0.970. The van der Waals surface area contributed by atoms with E-state index >= 15 is 0 Å². The molecule has 25 heavy (non-hydrogen) atoms. The molecule has 2 atom stereocenters. The largest absolute Gasteiger partial charge is 0.480 e. The van der Waals surface area contributed by atoms with Crippen molar-refractivity contribution in [1.82, 2.24) is 10.3 Å². The second-order valence-corrected chi connectivity index (χ2v) is 7.11. The van der Waals surface area contributed by atoms with E-state index in [0.29, 0.717) is 29.7 Å². The number of aromatic nitrogens is 1. The number of ether oxygens (including phenoxy) is 1. The van der Waals surface area contributed by atoms with Gasteiger partial charge in [0, 0.05) is 28.5 Å². The molecule has 1 saturated heterocycles. The molecule has 6 nitrogen and oxygen atoms in total. The highest BCUT2D eigenvalue weighted by Gasteiger charge is 2.32. The zero-order valence-electron chi connectivity index (χ0n) is 13.3. The maximum Gasteiger partial charge on any atom is 0.326 e. The van der Waals surface area contributed by atoms with Crippen molar-refractivity contribution < 1.29 is 19.4 Å². The molecule has 0 saturated carbocycles. The lowest BCUT2D eigenvalue weighted by Gasteiger charge is -2.27. The smallest absolute Gasteiger partial charge is 0.326 e. The summed E-state index contributed by atoms with van der Waals surface area (Å²) >= 11 is 7.19. The highest BCUT2D eigenvalue weighted by atomic mass is 35.5. The lowest BCUT2D eigenvalue weighted by atomic mass is 9.93. The Morgan fingerprint density at radius 2 is 2.12 bits per heavy atom. The number of hydrogen-bond acceptors (Lipinski definition) is 5. The van der Waals surface area contributed by atoms with Gasteiger partial charge in [0.2, 0.25) is 0 Å². The number of nitrogens with zero attached hydrogens (tertiary/aromatic N) is 1. The Morgan fingerprint density at radius 3 is 2.76 bits per heavy atom. The molecule has 2 aromatic rings. The molecule has 0 aliphatic carbocycles. The van der Waals surface area contributed by atoms with Gasteiger partial charge in [-0.1, -0.05) is 23.7 Å². The standard InChI is InChI=1S/C17H17ClN2O4S/c18-12-5-3-10(4-6-12)16-19-13(9-25-16)15(21)20-14(17(22)23)11-2-1-7-24-8-11/h3-6,9,11,14H,1-2,7-8H2,(H,20,21)(H,22,23). The van der Waals surface area contributed by atoms with Crippen LogP contribution in [-0.4, -0.2) is 41.2 Å². The molecule has 2 N–H and O–H groups in total. The quantitative estimate of drug-likeness (QED) is 0.832. The summed E-state index contributed by atoms with van der Waals surface area (Å²) in [5, 5.41) is 14.9. The van der Waals surface area contributed by atoms with Crippen molar-refractivity contribution in [3.63, 3.8) is 0 Å². The number of carboxylic acids is 1. The first-order valence-corrected chi connectivity index (χ1v) is 9.13. The number of benzene rings is 1. The molecule has 0 radical (unpaired) electrons. The number of carbonyl (C=O) groups excluding carboxylic acids is 1. The van der Waals surface area contributed by atoms with Crippen molar-refractivity contribution in [2.45, 2.75) is 18.9 Å². The van der Waals surface area contributed by atoms with Gasteiger partial charge in [-0.05, 0) is 25.0 Å². The fraction of sp³-hybridized carbons (Fsp3) is 0.353. The van der Waals surface area contributed by atoms with Crippen LogP contribution in [0.4, 0.5) is 0 Å². The van der Waals surface area contributed by atoms with Crippen LogP contribution in [0.1, 0.15) is 23.3 Å². The lowest BCUT2D eigenvalue weighted by Crippen LogP contribution is -2.48. The molecular formula is C17H17ClN2O4S. The summed E-state index contributed by atoms with van der Waals surface area (Å²) in [5.41, 5.74) is 1.06. The highest BCUT2D eigenvalue weighted by molar-refractivity contribution is 7.13. The third-order valence-corrected chi connectivity index (χ3v) is 5.19. The summed E-state index contributed by atoms with van der Waals surface area (Å²) in [5.74, 6) is -1.78. The fourth-order valence-electron chi connectivity index (χ4n) is 2.73. The van der Waals surface area contributed by atoms with Crippen molar-refractivity contribution in [3.8, 4) is 10.6 Å². The Morgan fingerprint density at radius 1 is 1.36 bits per heavy atom. The normalized spacial score (nSPS) is 18.5. The first-order chi connectivity index (χ1) is 12.0. The van der Waals surface area contributed by atoms with Crippen molar-refractivity contribution in [3.05, 3.63) is 40.4 Å². The van der Waals surface area contributed by atoms with Crippen LogP contribution >= 0.6 is 22.9 Å². The van der Waals surface area contributed by atoms with E-state index in [1.54, 1.807) is 17.5 Å². The predicted octanol–water partition coefficient (Wildman–Crippen LogP) is 3.07. The number of carbonyl (C=O) groups is 2. The number of aliphatic carboxylic acids is 1. The molecular weight excluding hydrogens is 364 g/mol. The molecule has 2 unspecified atom stereocenters. The Balaban J connectivity index is 1.71. The summed E-state index contributed by atoms with van der Waals surface area (Å²) in [6, 6.07) is 6.17. The highest BCUT2D eigenvalue weighted by Crippen LogP contribution is 2.25. The van der Waals surface area contributed by atoms with Gasteiger partial charge in [0.25, 0.3) is 5.91 Å². The van der Waals surface area contributed by atoms with Crippen LogP contribution in [0.15, 0.2) is 29.6 Å². The predicted molar refractivity (Wildman–Crippen MR) is 95.0 cm³/mol. The van der Waals surface area contributed by atoms with Crippen LogP contribution in [0.2, 0.25) is 5.02 Å². The Bertz CT molecular complexity index is 756. The van der Waals surface area contributed by atoms with E-state index < -0.39 is 17.9 Å². The van der Waals surface area contributed by atoms with Gasteiger partial charge >= 0.3 is 5.97 Å². The van der Waals surface area contributed by atoms with Gasteiger partial charge in [-0.25, -0.2) is 9.78 Å². The molecule has 0 spiro atoms. The molecule has 3 rings (SSSR count). The molecule has 1 fully saturated rings. The van der Waals surface area contributed by atoms with Gasteiger partial charge < -0.3 is 15.2 Å². The lowest BCUT2D eigenvalue weighted by molar-refractivity contribution is -0.142. The van der Waals surface area contributed by atoms with E-state index in [0.717, 1.165) is 12.0 Å². The maximum atomic E-state index is 12.4. The van der Waals surface area contributed by atoms with Gasteiger partial charge in [0.15, 0.2) is 0 Å². The topological polar surface area (TPSA) is 88.5 Å². The van der Waals surface area contributed by atoms with Gasteiger partial charge in [0.05, 0.1) is 6.61 Å². The second kappa shape index (κ2) is 7.95. The van der Waals surface area contributed by atoms with Gasteiger partial charge in [0.1, 0.15) is 16.7 Å². The number of carboxylic acid groups (broad SMARTS) is 1. The van der Waals surface area contributed by atoms with E-state index in [9.17, 15) is 14.7 Å². The summed E-state index contributed by atoms with van der Waals surface area (Å²) in [6.07, 6.45) is 1.51. The first kappa shape index (κ1) is 17.8. The van der Waals surface area contributed by atoms with Crippen molar-refractivity contribution in [2.75, 3.05) is 13.2 Å². The van der Waals surface area contributed by atoms with E-state index in [2.05, 4.69) is 10.3 Å². The van der Waals surface area contributed by atoms with Crippen LogP contribution in [0.25, 0.3) is 10.6 Å². The van der Waals surface area contributed by atoms with Crippen LogP contribution in [0.5, 0.6) is 0 Å². The number of thiazole rings is 1. The minimum absolute atomic E-state index is 0.206. The van der Waals surface area contributed by atoms with Gasteiger partial charge in [-0.3, -0.25) is 4.79 Å². The molecule has 1 aromatic carbocycles. The molecule has 8 heteroatoms. The molecule has 1 amide bonds. The van der Waals surface area contributed by atoms with E-state index in [4.69, 9.17) is 16.3 Å². The Kier molecular flexibility index (Phi) is 5.67. The average molecular weight is 381 g/mol. The zero-order chi connectivity index (χ0) is 17.8. The van der Waals surface area contributed by atoms with Crippen LogP contribution < -0.4 is 5.32 Å². The van der Waals surface area contributed by atoms with Crippen molar-refractivity contribution in [2.24, 2.45) is 5.92 Å². The second-order valence-electron chi connectivity index (χ2n) is 5.81. The molecule has 1 aliphatic rings.